The van der Waals surface area contributed by atoms with Crippen LogP contribution < -0.4 is 0 Å². The Kier molecular flexibility index (Phi) is 2.41. The second-order valence-electron chi connectivity index (χ2n) is 1.49. The van der Waals surface area contributed by atoms with Gasteiger partial charge in [-0.3, -0.25) is 0 Å². The molecule has 0 aliphatic heterocycles. The molecule has 0 fully saturated rings. The van der Waals surface area contributed by atoms with Gasteiger partial charge in [0.15, 0.2) is 0 Å². The number of halogens is 3. The van der Waals surface area contributed by atoms with E-state index >= 15 is 0 Å². The van der Waals surface area contributed by atoms with Crippen LogP contribution in [-0.2, 0) is 0 Å². The molecule has 1 atom stereocenters. The van der Waals surface area contributed by atoms with Gasteiger partial charge in [0.2, 0.25) is 6.23 Å². The number of rotatable bonds is 1. The van der Waals surface area contributed by atoms with E-state index in [4.69, 9.17) is 10.3 Å². The van der Waals surface area contributed by atoms with Crippen LogP contribution >= 0.6 is 0 Å². The third-order valence-corrected chi connectivity index (χ3v) is 0.647. The van der Waals surface area contributed by atoms with Crippen molar-refractivity contribution >= 4 is 0 Å². The molecule has 0 aromatic carbocycles. The van der Waals surface area contributed by atoms with Crippen LogP contribution in [0.4, 0.5) is 13.2 Å². The molecule has 0 amide bonds. The van der Waals surface area contributed by atoms with E-state index in [2.05, 4.69) is 0 Å². The predicted molar refractivity (Wildman–Crippen MR) is 21.6 cm³/mol. The van der Waals surface area contributed by atoms with Crippen molar-refractivity contribution in [2.24, 2.45) is 0 Å². The van der Waals surface area contributed by atoms with Gasteiger partial charge in [0.25, 0.3) is 0 Å². The molecule has 0 radical (unpaired) electrons. The van der Waals surface area contributed by atoms with Crippen molar-refractivity contribution in [1.82, 2.24) is 5.06 Å². The maximum atomic E-state index is 11.2. The van der Waals surface area contributed by atoms with Crippen LogP contribution in [-0.4, -0.2) is 34.8 Å². The van der Waals surface area contributed by atoms with Crippen molar-refractivity contribution in [2.45, 2.75) is 12.4 Å². The summed E-state index contributed by atoms with van der Waals surface area (Å²) in [5, 5.41) is 15.7. The first-order valence-corrected chi connectivity index (χ1v) is 2.02. The highest BCUT2D eigenvalue weighted by Crippen LogP contribution is 2.20. The summed E-state index contributed by atoms with van der Waals surface area (Å²) in [6, 6.07) is 0. The summed E-state index contributed by atoms with van der Waals surface area (Å²) in [7, 11) is 0.707. The van der Waals surface area contributed by atoms with Crippen LogP contribution in [0.1, 0.15) is 0 Å². The molecule has 0 spiro atoms. The summed E-state index contributed by atoms with van der Waals surface area (Å²) >= 11 is 0. The Morgan fingerprint density at radius 1 is 1.44 bits per heavy atom. The van der Waals surface area contributed by atoms with Gasteiger partial charge in [-0.2, -0.15) is 18.2 Å². The molecule has 0 aliphatic carbocycles. The van der Waals surface area contributed by atoms with E-state index in [1.807, 2.05) is 0 Å². The maximum Gasteiger partial charge on any atom is 0.430 e. The SMILES string of the molecule is CN(O)C(O)C(F)(F)F. The number of nitrogens with zero attached hydrogens (tertiary/aromatic N) is 1. The molecular weight excluding hydrogens is 139 g/mol. The molecular formula is C3H6F3NO2. The Morgan fingerprint density at radius 2 is 1.78 bits per heavy atom. The summed E-state index contributed by atoms with van der Waals surface area (Å²) in [5.74, 6) is 0. The summed E-state index contributed by atoms with van der Waals surface area (Å²) in [6.07, 6.45) is -7.58. The van der Waals surface area contributed by atoms with E-state index in [-0.39, 0.29) is 5.06 Å². The van der Waals surface area contributed by atoms with Gasteiger partial charge in [-0.15, -0.1) is 0 Å². The molecule has 0 heterocycles. The summed E-state index contributed by atoms with van der Waals surface area (Å²) in [4.78, 5) is 0. The van der Waals surface area contributed by atoms with Crippen LogP contribution in [0, 0.1) is 0 Å². The zero-order valence-corrected chi connectivity index (χ0v) is 4.55. The zero-order chi connectivity index (χ0) is 7.65. The quantitative estimate of drug-likeness (QED) is 0.409. The van der Waals surface area contributed by atoms with Crippen molar-refractivity contribution in [3.63, 3.8) is 0 Å². The van der Waals surface area contributed by atoms with Crippen LogP contribution in [0.5, 0.6) is 0 Å². The molecule has 0 aliphatic rings. The van der Waals surface area contributed by atoms with Gasteiger partial charge >= 0.3 is 6.18 Å². The first kappa shape index (κ1) is 8.67. The lowest BCUT2D eigenvalue weighted by Crippen LogP contribution is -2.41. The predicted octanol–water partition coefficient (Wildman–Crippen LogP) is 0.188. The zero-order valence-electron chi connectivity index (χ0n) is 4.55. The monoisotopic (exact) mass is 145 g/mol. The molecule has 0 bridgehead atoms. The molecule has 3 nitrogen and oxygen atoms in total. The Bertz CT molecular complexity index is 91.5. The topological polar surface area (TPSA) is 43.7 Å². The summed E-state index contributed by atoms with van der Waals surface area (Å²) in [5.41, 5.74) is 0. The molecule has 2 N–H and O–H groups in total. The lowest BCUT2D eigenvalue weighted by molar-refractivity contribution is -0.306. The molecule has 1 unspecified atom stereocenters. The van der Waals surface area contributed by atoms with Gasteiger partial charge in [-0.1, -0.05) is 0 Å². The largest absolute Gasteiger partial charge is 0.430 e. The minimum Gasteiger partial charge on any atom is -0.369 e. The average Bonchev–Trinajstić information content (AvgIpc) is 1.62. The fraction of sp³-hybridized carbons (Fsp3) is 1.00. The Labute approximate surface area is 49.3 Å². The van der Waals surface area contributed by atoms with Gasteiger partial charge in [0, 0.05) is 7.05 Å². The molecule has 0 saturated heterocycles. The smallest absolute Gasteiger partial charge is 0.369 e. The Hall–Kier alpha value is -0.330. The molecule has 6 heteroatoms. The number of hydrogen-bond donors (Lipinski definition) is 2. The molecule has 9 heavy (non-hydrogen) atoms. The first-order valence-electron chi connectivity index (χ1n) is 2.02. The lowest BCUT2D eigenvalue weighted by Gasteiger charge is -2.18. The second-order valence-corrected chi connectivity index (χ2v) is 1.49. The fourth-order valence-corrected chi connectivity index (χ4v) is 0.212. The van der Waals surface area contributed by atoms with Gasteiger partial charge < -0.3 is 10.3 Å². The highest BCUT2D eigenvalue weighted by Gasteiger charge is 2.40. The van der Waals surface area contributed by atoms with E-state index in [9.17, 15) is 13.2 Å². The van der Waals surface area contributed by atoms with E-state index < -0.39 is 12.4 Å². The number of aliphatic hydroxyl groups is 1. The Morgan fingerprint density at radius 3 is 1.78 bits per heavy atom. The fourth-order valence-electron chi connectivity index (χ4n) is 0.212. The molecule has 0 rings (SSSR count). The second kappa shape index (κ2) is 2.51. The third kappa shape index (κ3) is 2.64. The first-order chi connectivity index (χ1) is 3.85. The molecule has 0 aromatic heterocycles. The van der Waals surface area contributed by atoms with Crippen molar-refractivity contribution in [1.29, 1.82) is 0 Å². The van der Waals surface area contributed by atoms with Gasteiger partial charge in [0.1, 0.15) is 0 Å². The van der Waals surface area contributed by atoms with Gasteiger partial charge in [-0.25, -0.2) is 0 Å². The maximum absolute atomic E-state index is 11.2. The highest BCUT2D eigenvalue weighted by atomic mass is 19.4. The average molecular weight is 145 g/mol. The third-order valence-electron chi connectivity index (χ3n) is 0.647. The molecule has 0 saturated carbocycles. The van der Waals surface area contributed by atoms with Crippen molar-refractivity contribution in [3.8, 4) is 0 Å². The number of alkyl halides is 3. The van der Waals surface area contributed by atoms with Gasteiger partial charge in [-0.05, 0) is 0 Å². The van der Waals surface area contributed by atoms with E-state index in [0.29, 0.717) is 7.05 Å². The van der Waals surface area contributed by atoms with Crippen molar-refractivity contribution in [3.05, 3.63) is 0 Å². The van der Waals surface area contributed by atoms with Crippen LogP contribution in [0.2, 0.25) is 0 Å². The Balaban J connectivity index is 3.88. The summed E-state index contributed by atoms with van der Waals surface area (Å²) < 4.78 is 33.7. The number of hydroxylamine groups is 2. The standard InChI is InChI=1S/C3H6F3NO2/c1-7(9)2(8)3(4,5)6/h2,8-9H,1H3. The number of hydrogen-bond acceptors (Lipinski definition) is 3. The van der Waals surface area contributed by atoms with E-state index in [1.165, 1.54) is 0 Å². The van der Waals surface area contributed by atoms with Crippen LogP contribution in [0.3, 0.4) is 0 Å². The van der Waals surface area contributed by atoms with Crippen molar-refractivity contribution < 1.29 is 23.5 Å². The van der Waals surface area contributed by atoms with Crippen LogP contribution in [0.25, 0.3) is 0 Å². The van der Waals surface area contributed by atoms with Crippen molar-refractivity contribution in [2.75, 3.05) is 7.05 Å². The number of aliphatic hydroxyl groups excluding tert-OH is 1. The minimum atomic E-state index is -4.79. The lowest BCUT2D eigenvalue weighted by atomic mass is 10.5. The highest BCUT2D eigenvalue weighted by molar-refractivity contribution is 4.57. The summed E-state index contributed by atoms with van der Waals surface area (Å²) in [6.45, 7) is 0. The molecule has 56 valence electrons. The van der Waals surface area contributed by atoms with Crippen LogP contribution in [0.15, 0.2) is 0 Å². The van der Waals surface area contributed by atoms with E-state index in [0.717, 1.165) is 0 Å². The van der Waals surface area contributed by atoms with Gasteiger partial charge in [0.05, 0.1) is 0 Å². The normalized spacial score (nSPS) is 16.3. The molecule has 0 aromatic rings. The van der Waals surface area contributed by atoms with E-state index in [1.54, 1.807) is 0 Å². The minimum absolute atomic E-state index is 0.319.